The quantitative estimate of drug-likeness (QED) is 0.715. The van der Waals surface area contributed by atoms with E-state index in [-0.39, 0.29) is 12.1 Å². The molecule has 1 amide bonds. The number of ether oxygens (including phenoxy) is 1. The summed E-state index contributed by atoms with van der Waals surface area (Å²) < 4.78 is 5.43. The number of allylic oxidation sites excluding steroid dienone is 1. The van der Waals surface area contributed by atoms with Crippen molar-refractivity contribution in [3.05, 3.63) is 11.1 Å². The molecular formula is C15H22BrNO2. The summed E-state index contributed by atoms with van der Waals surface area (Å²) in [6.45, 7) is 6.49. The van der Waals surface area contributed by atoms with Gasteiger partial charge in [0.1, 0.15) is 5.60 Å². The molecule has 0 spiro atoms. The van der Waals surface area contributed by atoms with Gasteiger partial charge in [0.2, 0.25) is 0 Å². The molecule has 1 aliphatic rings. The lowest BCUT2D eigenvalue weighted by Gasteiger charge is -2.28. The van der Waals surface area contributed by atoms with Crippen LogP contribution in [-0.2, 0) is 4.74 Å². The number of amides is 1. The van der Waals surface area contributed by atoms with Crippen molar-refractivity contribution in [1.82, 2.24) is 4.90 Å². The summed E-state index contributed by atoms with van der Waals surface area (Å²) in [6.07, 6.45) is 5.40. The molecule has 0 aromatic rings. The predicted octanol–water partition coefficient (Wildman–Crippen LogP) is 4.08. The zero-order valence-corrected chi connectivity index (χ0v) is 13.5. The molecule has 19 heavy (non-hydrogen) atoms. The minimum Gasteiger partial charge on any atom is -0.444 e. The maximum atomic E-state index is 12.1. The van der Waals surface area contributed by atoms with Gasteiger partial charge in [-0.1, -0.05) is 27.8 Å². The van der Waals surface area contributed by atoms with Crippen LogP contribution in [0, 0.1) is 11.8 Å². The molecule has 3 nitrogen and oxygen atoms in total. The molecule has 106 valence electrons. The summed E-state index contributed by atoms with van der Waals surface area (Å²) in [5, 5.41) is 0. The van der Waals surface area contributed by atoms with Gasteiger partial charge in [-0.15, -0.1) is 0 Å². The van der Waals surface area contributed by atoms with Crippen molar-refractivity contribution in [2.75, 3.05) is 6.54 Å². The molecule has 1 saturated heterocycles. The Morgan fingerprint density at radius 1 is 1.53 bits per heavy atom. The van der Waals surface area contributed by atoms with E-state index in [0.717, 1.165) is 32.2 Å². The van der Waals surface area contributed by atoms with E-state index in [4.69, 9.17) is 4.74 Å². The first-order valence-corrected chi connectivity index (χ1v) is 7.59. The molecule has 1 heterocycles. The highest BCUT2D eigenvalue weighted by molar-refractivity contribution is 9.11. The van der Waals surface area contributed by atoms with Crippen molar-refractivity contribution in [2.24, 2.45) is 0 Å². The largest absolute Gasteiger partial charge is 0.444 e. The molecule has 0 N–H and O–H groups in total. The lowest BCUT2D eigenvalue weighted by molar-refractivity contribution is 0.0221. The molecule has 0 bridgehead atoms. The Morgan fingerprint density at radius 2 is 2.26 bits per heavy atom. The Balaban J connectivity index is 2.46. The van der Waals surface area contributed by atoms with Crippen LogP contribution in [0.25, 0.3) is 0 Å². The van der Waals surface area contributed by atoms with Gasteiger partial charge in [0, 0.05) is 19.0 Å². The van der Waals surface area contributed by atoms with Crippen LogP contribution in [0.4, 0.5) is 4.79 Å². The predicted molar refractivity (Wildman–Crippen MR) is 81.0 cm³/mol. The standard InChI is InChI=1S/C15H22BrNO2/c1-15(2,3)19-14(18)17-12-8-10-13(17)9-6-4-5-7-11-16/h7,11,13H,6,8-10,12H2,1-3H3/b11-7+/t13-/m0/s1. The zero-order chi connectivity index (χ0) is 14.3. The fourth-order valence-corrected chi connectivity index (χ4v) is 2.23. The summed E-state index contributed by atoms with van der Waals surface area (Å²) in [5.41, 5.74) is -0.426. The maximum Gasteiger partial charge on any atom is 0.410 e. The van der Waals surface area contributed by atoms with Crippen molar-refractivity contribution < 1.29 is 9.53 Å². The highest BCUT2D eigenvalue weighted by Gasteiger charge is 2.31. The third kappa shape index (κ3) is 6.15. The second-order valence-electron chi connectivity index (χ2n) is 5.62. The van der Waals surface area contributed by atoms with Gasteiger partial charge in [-0.05, 0) is 51.1 Å². The summed E-state index contributed by atoms with van der Waals surface area (Å²) in [7, 11) is 0. The van der Waals surface area contributed by atoms with E-state index in [1.165, 1.54) is 0 Å². The SMILES string of the molecule is CC(C)(C)OC(=O)N1CCC[C@@H]1CCC#C/C=C/Br. The lowest BCUT2D eigenvalue weighted by atomic mass is 10.1. The van der Waals surface area contributed by atoms with Gasteiger partial charge >= 0.3 is 6.09 Å². The van der Waals surface area contributed by atoms with Gasteiger partial charge in [-0.25, -0.2) is 4.79 Å². The van der Waals surface area contributed by atoms with E-state index in [9.17, 15) is 4.79 Å². The molecule has 1 fully saturated rings. The third-order valence-electron chi connectivity index (χ3n) is 2.86. The molecule has 0 saturated carbocycles. The van der Waals surface area contributed by atoms with Gasteiger partial charge in [-0.2, -0.15) is 0 Å². The molecular weight excluding hydrogens is 306 g/mol. The van der Waals surface area contributed by atoms with Gasteiger partial charge in [0.05, 0.1) is 0 Å². The van der Waals surface area contributed by atoms with E-state index in [1.54, 1.807) is 11.1 Å². The first-order chi connectivity index (χ1) is 8.94. The van der Waals surface area contributed by atoms with Gasteiger partial charge < -0.3 is 9.64 Å². The Morgan fingerprint density at radius 3 is 2.89 bits per heavy atom. The number of carbonyl (C=O) groups excluding carboxylic acids is 1. The number of nitrogens with zero attached hydrogens (tertiary/aromatic N) is 1. The first kappa shape index (κ1) is 16.1. The van der Waals surface area contributed by atoms with Crippen LogP contribution in [-0.4, -0.2) is 29.2 Å². The second-order valence-corrected chi connectivity index (χ2v) is 6.15. The van der Waals surface area contributed by atoms with Crippen LogP contribution in [0.15, 0.2) is 11.1 Å². The molecule has 0 unspecified atom stereocenters. The van der Waals surface area contributed by atoms with Crippen molar-refractivity contribution in [3.63, 3.8) is 0 Å². The number of likely N-dealkylation sites (tertiary alicyclic amines) is 1. The molecule has 1 atom stereocenters. The van der Waals surface area contributed by atoms with Crippen LogP contribution in [0.5, 0.6) is 0 Å². The average Bonchev–Trinajstić information content (AvgIpc) is 2.75. The molecule has 4 heteroatoms. The minimum atomic E-state index is -0.426. The van der Waals surface area contributed by atoms with Crippen LogP contribution in [0.3, 0.4) is 0 Å². The van der Waals surface area contributed by atoms with Crippen LogP contribution in [0.1, 0.15) is 46.5 Å². The fourth-order valence-electron chi connectivity index (χ4n) is 2.10. The molecule has 0 aromatic carbocycles. The van der Waals surface area contributed by atoms with E-state index >= 15 is 0 Å². The van der Waals surface area contributed by atoms with Crippen molar-refractivity contribution >= 4 is 22.0 Å². The van der Waals surface area contributed by atoms with Crippen LogP contribution >= 0.6 is 15.9 Å². The van der Waals surface area contributed by atoms with Gasteiger partial charge in [0.25, 0.3) is 0 Å². The number of hydrogen-bond donors (Lipinski definition) is 0. The summed E-state index contributed by atoms with van der Waals surface area (Å²) in [4.78, 5) is 15.6. The van der Waals surface area contributed by atoms with Gasteiger partial charge in [-0.3, -0.25) is 0 Å². The van der Waals surface area contributed by atoms with Gasteiger partial charge in [0.15, 0.2) is 0 Å². The molecule has 1 rings (SSSR count). The minimum absolute atomic E-state index is 0.191. The average molecular weight is 328 g/mol. The topological polar surface area (TPSA) is 29.5 Å². The molecule has 0 aliphatic carbocycles. The highest BCUT2D eigenvalue weighted by Crippen LogP contribution is 2.23. The zero-order valence-electron chi connectivity index (χ0n) is 11.9. The number of halogens is 1. The molecule has 0 radical (unpaired) electrons. The first-order valence-electron chi connectivity index (χ1n) is 6.67. The summed E-state index contributed by atoms with van der Waals surface area (Å²) >= 11 is 3.17. The summed E-state index contributed by atoms with van der Waals surface area (Å²) in [5.74, 6) is 6.00. The Hall–Kier alpha value is -0.950. The van der Waals surface area contributed by atoms with Crippen molar-refractivity contribution in [1.29, 1.82) is 0 Å². The number of hydrogen-bond acceptors (Lipinski definition) is 2. The van der Waals surface area contributed by atoms with Crippen LogP contribution < -0.4 is 0 Å². The van der Waals surface area contributed by atoms with Crippen LogP contribution in [0.2, 0.25) is 0 Å². The van der Waals surface area contributed by atoms with E-state index in [2.05, 4.69) is 27.8 Å². The van der Waals surface area contributed by atoms with E-state index in [0.29, 0.717) is 0 Å². The number of rotatable bonds is 2. The Bertz CT molecular complexity index is 387. The monoisotopic (exact) mass is 327 g/mol. The normalized spacial score (nSPS) is 19.4. The second kappa shape index (κ2) is 7.59. The molecule has 0 aromatic heterocycles. The number of carbonyl (C=O) groups is 1. The fraction of sp³-hybridized carbons (Fsp3) is 0.667. The highest BCUT2D eigenvalue weighted by atomic mass is 79.9. The van der Waals surface area contributed by atoms with E-state index in [1.807, 2.05) is 25.7 Å². The Kier molecular flexibility index (Phi) is 6.44. The lowest BCUT2D eigenvalue weighted by Crippen LogP contribution is -2.39. The maximum absolute atomic E-state index is 12.1. The van der Waals surface area contributed by atoms with Crippen molar-refractivity contribution in [2.45, 2.75) is 58.1 Å². The molecule has 1 aliphatic heterocycles. The van der Waals surface area contributed by atoms with E-state index < -0.39 is 5.60 Å². The third-order valence-corrected chi connectivity index (χ3v) is 3.12. The van der Waals surface area contributed by atoms with Crippen molar-refractivity contribution in [3.8, 4) is 11.8 Å². The Labute approximate surface area is 124 Å². The smallest absolute Gasteiger partial charge is 0.410 e. The summed E-state index contributed by atoms with van der Waals surface area (Å²) in [6, 6.07) is 0.275.